The van der Waals surface area contributed by atoms with E-state index in [1.807, 2.05) is 0 Å². The van der Waals surface area contributed by atoms with Crippen molar-refractivity contribution in [1.82, 2.24) is 4.98 Å². The molecule has 0 saturated carbocycles. The first-order valence-electron chi connectivity index (χ1n) is 3.27. The SMILES string of the molecule is CS(C)(=O)=Nc1ncccc1F. The van der Waals surface area contributed by atoms with E-state index in [1.54, 1.807) is 0 Å². The molecule has 0 N–H and O–H groups in total. The van der Waals surface area contributed by atoms with Crippen molar-refractivity contribution in [2.75, 3.05) is 12.5 Å². The fraction of sp³-hybridized carbons (Fsp3) is 0.286. The summed E-state index contributed by atoms with van der Waals surface area (Å²) in [4.78, 5) is 3.64. The lowest BCUT2D eigenvalue weighted by Gasteiger charge is -1.95. The summed E-state index contributed by atoms with van der Waals surface area (Å²) in [6, 6.07) is 2.69. The minimum atomic E-state index is -2.33. The summed E-state index contributed by atoms with van der Waals surface area (Å²) >= 11 is 0. The number of rotatable bonds is 1. The molecule has 1 rings (SSSR count). The van der Waals surface area contributed by atoms with Crippen molar-refractivity contribution < 1.29 is 8.60 Å². The standard InChI is InChI=1S/C7H9FN2OS/c1-12(2,11)10-7-6(8)4-3-5-9-7/h3-5H,1-2H3. The number of aromatic nitrogens is 1. The Morgan fingerprint density at radius 2 is 2.25 bits per heavy atom. The summed E-state index contributed by atoms with van der Waals surface area (Å²) in [5, 5.41) is 0. The Balaban J connectivity index is 3.23. The highest BCUT2D eigenvalue weighted by Gasteiger charge is 2.01. The van der Waals surface area contributed by atoms with E-state index in [0.29, 0.717) is 0 Å². The monoisotopic (exact) mass is 188 g/mol. The highest BCUT2D eigenvalue weighted by molar-refractivity contribution is 7.92. The number of hydrogen-bond acceptors (Lipinski definition) is 3. The van der Waals surface area contributed by atoms with Crippen LogP contribution in [0.4, 0.5) is 10.2 Å². The summed E-state index contributed by atoms with van der Waals surface area (Å²) < 4.78 is 27.6. The van der Waals surface area contributed by atoms with Crippen molar-refractivity contribution in [2.24, 2.45) is 4.36 Å². The van der Waals surface area contributed by atoms with Gasteiger partial charge >= 0.3 is 0 Å². The van der Waals surface area contributed by atoms with Crippen LogP contribution in [0.25, 0.3) is 0 Å². The maximum absolute atomic E-state index is 12.8. The molecule has 1 aromatic rings. The van der Waals surface area contributed by atoms with Gasteiger partial charge < -0.3 is 0 Å². The maximum Gasteiger partial charge on any atom is 0.197 e. The van der Waals surface area contributed by atoms with Crippen molar-refractivity contribution in [3.8, 4) is 0 Å². The normalized spacial score (nSPS) is 11.2. The van der Waals surface area contributed by atoms with Crippen LogP contribution in [0, 0.1) is 5.82 Å². The average Bonchev–Trinajstić information content (AvgIpc) is 1.91. The summed E-state index contributed by atoms with van der Waals surface area (Å²) in [5.74, 6) is -0.638. The van der Waals surface area contributed by atoms with Gasteiger partial charge in [-0.15, -0.1) is 0 Å². The first-order valence-corrected chi connectivity index (χ1v) is 5.60. The molecule has 0 aliphatic rings. The molecule has 0 spiro atoms. The lowest BCUT2D eigenvalue weighted by molar-refractivity contribution is 0.623. The molecule has 0 radical (unpaired) electrons. The van der Waals surface area contributed by atoms with E-state index >= 15 is 0 Å². The Bertz CT molecular complexity index is 388. The summed E-state index contributed by atoms with van der Waals surface area (Å²) in [6.07, 6.45) is 4.27. The first kappa shape index (κ1) is 9.12. The minimum absolute atomic E-state index is 0.0903. The predicted octanol–water partition coefficient (Wildman–Crippen LogP) is 1.58. The molecule has 0 fully saturated rings. The molecule has 5 heteroatoms. The fourth-order valence-corrected chi connectivity index (χ4v) is 1.20. The molecule has 0 amide bonds. The zero-order valence-electron chi connectivity index (χ0n) is 6.82. The Hall–Kier alpha value is -0.970. The summed E-state index contributed by atoms with van der Waals surface area (Å²) in [5.41, 5.74) is 0. The lowest BCUT2D eigenvalue weighted by atomic mass is 10.4. The second-order valence-corrected chi connectivity index (χ2v) is 5.13. The van der Waals surface area contributed by atoms with Crippen molar-refractivity contribution in [2.45, 2.75) is 0 Å². The Kier molecular flexibility index (Phi) is 2.42. The van der Waals surface area contributed by atoms with E-state index < -0.39 is 15.5 Å². The number of pyridine rings is 1. The molecule has 0 saturated heterocycles. The Morgan fingerprint density at radius 1 is 1.58 bits per heavy atom. The average molecular weight is 188 g/mol. The zero-order chi connectivity index (χ0) is 9.19. The number of nitrogens with zero attached hydrogens (tertiary/aromatic N) is 2. The van der Waals surface area contributed by atoms with Gasteiger partial charge in [-0.2, -0.15) is 4.36 Å². The Morgan fingerprint density at radius 3 is 2.75 bits per heavy atom. The molecule has 12 heavy (non-hydrogen) atoms. The molecular formula is C7H9FN2OS. The van der Waals surface area contributed by atoms with Gasteiger partial charge in [0.05, 0.1) is 0 Å². The topological polar surface area (TPSA) is 42.3 Å². The van der Waals surface area contributed by atoms with Crippen molar-refractivity contribution in [3.05, 3.63) is 24.1 Å². The Labute approximate surface area is 70.8 Å². The third-order valence-corrected chi connectivity index (χ3v) is 1.66. The van der Waals surface area contributed by atoms with Crippen LogP contribution in [-0.2, 0) is 9.73 Å². The second kappa shape index (κ2) is 3.18. The van der Waals surface area contributed by atoms with Gasteiger partial charge in [0.2, 0.25) is 0 Å². The van der Waals surface area contributed by atoms with Gasteiger partial charge in [0, 0.05) is 28.4 Å². The van der Waals surface area contributed by atoms with Crippen molar-refractivity contribution in [3.63, 3.8) is 0 Å². The molecule has 0 atom stereocenters. The molecule has 3 nitrogen and oxygen atoms in total. The van der Waals surface area contributed by atoms with Crippen molar-refractivity contribution >= 4 is 15.5 Å². The van der Waals surface area contributed by atoms with Gasteiger partial charge in [0.15, 0.2) is 11.6 Å². The third-order valence-electron chi connectivity index (χ3n) is 1.05. The lowest BCUT2D eigenvalue weighted by Crippen LogP contribution is -1.91. The van der Waals surface area contributed by atoms with E-state index in [2.05, 4.69) is 9.35 Å². The van der Waals surface area contributed by atoms with Crippen molar-refractivity contribution in [1.29, 1.82) is 0 Å². The molecule has 66 valence electrons. The first-order chi connectivity index (χ1) is 5.49. The highest BCUT2D eigenvalue weighted by atomic mass is 32.2. The van der Waals surface area contributed by atoms with Crippen LogP contribution in [-0.4, -0.2) is 21.7 Å². The number of hydrogen-bond donors (Lipinski definition) is 0. The van der Waals surface area contributed by atoms with Crippen LogP contribution in [0.1, 0.15) is 0 Å². The smallest absolute Gasteiger partial charge is 0.197 e. The van der Waals surface area contributed by atoms with Crippen LogP contribution < -0.4 is 0 Å². The van der Waals surface area contributed by atoms with E-state index in [0.717, 1.165) is 0 Å². The van der Waals surface area contributed by atoms with Crippen LogP contribution >= 0.6 is 0 Å². The van der Waals surface area contributed by atoms with Gasteiger partial charge in [-0.25, -0.2) is 13.6 Å². The molecule has 1 aromatic heterocycles. The fourth-order valence-electron chi connectivity index (χ4n) is 0.653. The summed E-state index contributed by atoms with van der Waals surface area (Å²) in [7, 11) is -2.33. The van der Waals surface area contributed by atoms with E-state index in [-0.39, 0.29) is 5.82 Å². The summed E-state index contributed by atoms with van der Waals surface area (Å²) in [6.45, 7) is 0. The van der Waals surface area contributed by atoms with Gasteiger partial charge in [-0.1, -0.05) is 0 Å². The molecule has 0 aliphatic heterocycles. The largest absolute Gasteiger partial charge is 0.250 e. The quantitative estimate of drug-likeness (QED) is 0.671. The minimum Gasteiger partial charge on any atom is -0.250 e. The molecule has 0 aliphatic carbocycles. The molecule has 0 bridgehead atoms. The molecule has 0 unspecified atom stereocenters. The van der Waals surface area contributed by atoms with E-state index in [4.69, 9.17) is 0 Å². The van der Waals surface area contributed by atoms with Crippen LogP contribution in [0.15, 0.2) is 22.7 Å². The number of halogens is 1. The maximum atomic E-state index is 12.8. The zero-order valence-corrected chi connectivity index (χ0v) is 7.64. The van der Waals surface area contributed by atoms with Gasteiger partial charge in [-0.05, 0) is 12.1 Å². The third kappa shape index (κ3) is 2.58. The molecular weight excluding hydrogens is 179 g/mol. The van der Waals surface area contributed by atoms with E-state index in [9.17, 15) is 8.60 Å². The second-order valence-electron chi connectivity index (χ2n) is 2.58. The van der Waals surface area contributed by atoms with E-state index in [1.165, 1.54) is 30.8 Å². The molecule has 0 aromatic carbocycles. The van der Waals surface area contributed by atoms with Gasteiger partial charge in [-0.3, -0.25) is 0 Å². The van der Waals surface area contributed by atoms with Crippen LogP contribution in [0.2, 0.25) is 0 Å². The predicted molar refractivity (Wildman–Crippen MR) is 46.3 cm³/mol. The highest BCUT2D eigenvalue weighted by Crippen LogP contribution is 2.13. The van der Waals surface area contributed by atoms with Gasteiger partial charge in [0.25, 0.3) is 0 Å². The molecule has 1 heterocycles. The van der Waals surface area contributed by atoms with Crippen LogP contribution in [0.3, 0.4) is 0 Å². The van der Waals surface area contributed by atoms with Crippen LogP contribution in [0.5, 0.6) is 0 Å². The van der Waals surface area contributed by atoms with Gasteiger partial charge in [0.1, 0.15) is 0 Å².